The van der Waals surface area contributed by atoms with Crippen LogP contribution in [0.1, 0.15) is 19.8 Å². The molecular weight excluding hydrogens is 446 g/mol. The maximum Gasteiger partial charge on any atom is 0.405 e. The predicted octanol–water partition coefficient (Wildman–Crippen LogP) is -0.125. The average Bonchev–Trinajstić information content (AvgIpc) is 3.25. The van der Waals surface area contributed by atoms with Crippen molar-refractivity contribution < 1.29 is 24.3 Å². The van der Waals surface area contributed by atoms with Crippen LogP contribution in [-0.4, -0.2) is 81.2 Å². The Hall–Kier alpha value is -4.41. The van der Waals surface area contributed by atoms with Gasteiger partial charge in [-0.05, 0) is 18.4 Å². The normalized spacial score (nSPS) is 17.5. The Labute approximate surface area is 194 Å². The molecule has 2 atom stereocenters. The molecule has 4 N–H and O–H groups in total. The molecular formula is C20H25N9O5. The first kappa shape index (κ1) is 24.2. The quantitative estimate of drug-likeness (QED) is 0.431. The highest BCUT2D eigenvalue weighted by Crippen LogP contribution is 2.29. The summed E-state index contributed by atoms with van der Waals surface area (Å²) in [4.78, 5) is 59.0. The van der Waals surface area contributed by atoms with E-state index in [2.05, 4.69) is 27.7 Å². The highest BCUT2D eigenvalue weighted by atomic mass is 16.4. The van der Waals surface area contributed by atoms with Crippen molar-refractivity contribution in [1.82, 2.24) is 35.6 Å². The fourth-order valence-electron chi connectivity index (χ4n) is 3.88. The third-order valence-corrected chi connectivity index (χ3v) is 5.72. The van der Waals surface area contributed by atoms with E-state index in [0.717, 1.165) is 6.42 Å². The lowest BCUT2D eigenvalue weighted by Crippen LogP contribution is -2.52. The van der Waals surface area contributed by atoms with Crippen LogP contribution in [0, 0.1) is 17.2 Å². The molecule has 3 heterocycles. The number of likely N-dealkylation sites (N-methyl/N-ethyl adjacent to an activating group) is 1. The van der Waals surface area contributed by atoms with Crippen molar-refractivity contribution in [1.29, 1.82) is 5.26 Å². The number of rotatable bonds is 5. The number of anilines is 1. The van der Waals surface area contributed by atoms with E-state index in [0.29, 0.717) is 29.9 Å². The van der Waals surface area contributed by atoms with Gasteiger partial charge in [-0.15, -0.1) is 0 Å². The lowest BCUT2D eigenvalue weighted by molar-refractivity contribution is -0.131. The van der Waals surface area contributed by atoms with E-state index in [1.54, 1.807) is 11.0 Å². The molecule has 1 saturated heterocycles. The first-order chi connectivity index (χ1) is 16.2. The number of hydrazine groups is 1. The second-order valence-electron chi connectivity index (χ2n) is 7.88. The molecule has 180 valence electrons. The fraction of sp³-hybridized carbons (Fsp3) is 0.450. The Morgan fingerprint density at radius 1 is 1.29 bits per heavy atom. The average molecular weight is 471 g/mol. The van der Waals surface area contributed by atoms with Crippen molar-refractivity contribution in [2.75, 3.05) is 31.6 Å². The minimum Gasteiger partial charge on any atom is -0.465 e. The van der Waals surface area contributed by atoms with Gasteiger partial charge in [0.2, 0.25) is 5.91 Å². The highest BCUT2D eigenvalue weighted by molar-refractivity contribution is 5.95. The number of likely N-dealkylation sites (tertiary alicyclic amines) is 1. The van der Waals surface area contributed by atoms with Crippen LogP contribution in [0.15, 0.2) is 18.6 Å². The Bertz CT molecular complexity index is 1140. The van der Waals surface area contributed by atoms with Crippen molar-refractivity contribution in [3.63, 3.8) is 0 Å². The van der Waals surface area contributed by atoms with Crippen molar-refractivity contribution in [2.24, 2.45) is 5.92 Å². The van der Waals surface area contributed by atoms with Crippen LogP contribution in [0.2, 0.25) is 0 Å². The first-order valence-corrected chi connectivity index (χ1v) is 10.5. The zero-order chi connectivity index (χ0) is 24.8. The maximum absolute atomic E-state index is 12.5. The summed E-state index contributed by atoms with van der Waals surface area (Å²) >= 11 is 0. The number of carbonyl (C=O) groups excluding carboxylic acids is 3. The van der Waals surface area contributed by atoms with Gasteiger partial charge >= 0.3 is 12.1 Å². The Morgan fingerprint density at radius 3 is 2.76 bits per heavy atom. The monoisotopic (exact) mass is 471 g/mol. The summed E-state index contributed by atoms with van der Waals surface area (Å²) in [5.74, 6) is -0.132. The lowest BCUT2D eigenvalue weighted by Gasteiger charge is -2.42. The Morgan fingerprint density at radius 2 is 2.06 bits per heavy atom. The van der Waals surface area contributed by atoms with Crippen molar-refractivity contribution in [3.05, 3.63) is 18.6 Å². The molecule has 14 heteroatoms. The number of piperidine rings is 1. The van der Waals surface area contributed by atoms with Gasteiger partial charge in [-0.3, -0.25) is 19.6 Å². The fourth-order valence-corrected chi connectivity index (χ4v) is 3.88. The van der Waals surface area contributed by atoms with Crippen molar-refractivity contribution >= 4 is 40.8 Å². The minimum atomic E-state index is -1.36. The van der Waals surface area contributed by atoms with Gasteiger partial charge in [0.05, 0.1) is 17.5 Å². The summed E-state index contributed by atoms with van der Waals surface area (Å²) in [5.41, 5.74) is 4.61. The van der Waals surface area contributed by atoms with E-state index in [4.69, 9.17) is 10.4 Å². The van der Waals surface area contributed by atoms with Crippen LogP contribution in [0.25, 0.3) is 11.0 Å². The van der Waals surface area contributed by atoms with Gasteiger partial charge in [-0.2, -0.15) is 5.26 Å². The van der Waals surface area contributed by atoms with Crippen LogP contribution in [0.4, 0.5) is 15.4 Å². The van der Waals surface area contributed by atoms with Gasteiger partial charge in [-0.25, -0.2) is 25.0 Å². The third kappa shape index (κ3) is 5.31. The van der Waals surface area contributed by atoms with E-state index in [1.165, 1.54) is 17.1 Å². The number of hydrogen-bond donors (Lipinski definition) is 4. The summed E-state index contributed by atoms with van der Waals surface area (Å²) in [5, 5.41) is 19.8. The number of nitrogens with one attached hydrogen (secondary N) is 3. The van der Waals surface area contributed by atoms with E-state index in [1.807, 2.05) is 23.3 Å². The molecule has 0 aliphatic carbocycles. The highest BCUT2D eigenvalue weighted by Gasteiger charge is 2.32. The summed E-state index contributed by atoms with van der Waals surface area (Å²) in [6, 6.07) is 2.80. The smallest absolute Gasteiger partial charge is 0.405 e. The van der Waals surface area contributed by atoms with Gasteiger partial charge in [0.25, 0.3) is 5.91 Å². The van der Waals surface area contributed by atoms with E-state index in [-0.39, 0.29) is 24.3 Å². The molecule has 34 heavy (non-hydrogen) atoms. The number of amides is 4. The van der Waals surface area contributed by atoms with E-state index < -0.39 is 24.6 Å². The predicted molar refractivity (Wildman–Crippen MR) is 118 cm³/mol. The number of carbonyl (C=O) groups is 4. The Balaban J connectivity index is 1.76. The van der Waals surface area contributed by atoms with Crippen LogP contribution in [0.3, 0.4) is 0 Å². The molecule has 2 aromatic rings. The van der Waals surface area contributed by atoms with E-state index >= 15 is 0 Å². The van der Waals surface area contributed by atoms with Crippen LogP contribution < -0.4 is 21.1 Å². The van der Waals surface area contributed by atoms with E-state index in [9.17, 15) is 19.2 Å². The summed E-state index contributed by atoms with van der Waals surface area (Å²) in [6.45, 7) is 2.61. The first-order valence-electron chi connectivity index (χ1n) is 10.5. The molecule has 4 amide bonds. The molecule has 3 rings (SSSR count). The summed E-state index contributed by atoms with van der Waals surface area (Å²) in [6.07, 6.45) is 2.04. The minimum absolute atomic E-state index is 0.0623. The maximum atomic E-state index is 12.5. The van der Waals surface area contributed by atoms with Crippen LogP contribution in [0.5, 0.6) is 0 Å². The van der Waals surface area contributed by atoms with Gasteiger partial charge in [-0.1, -0.05) is 6.92 Å². The second kappa shape index (κ2) is 10.5. The number of hydrogen-bond acceptors (Lipinski definition) is 8. The molecule has 0 radical (unpaired) electrons. The Kier molecular flexibility index (Phi) is 7.46. The molecule has 1 aliphatic heterocycles. The number of nitriles is 1. The standard InChI is InChI=1S/C20H25N9O5/c1-12-4-7-28(16(31)3-6-21)10-14(12)27(2)17-13-5-8-29(18(13)24-11-23-17)19(32)26-25-15(30)9-22-20(33)34/h5,8,11-12,14,22H,3-4,7,9-10H2,1-2H3,(H,25,30)(H,26,32)(H,33,34)/t12-,14+/m1/s1. The van der Waals surface area contributed by atoms with Crippen molar-refractivity contribution in [3.8, 4) is 6.07 Å². The number of fused-ring (bicyclic) bond motifs is 1. The SMILES string of the molecule is C[C@@H]1CCN(C(=O)CC#N)C[C@@H]1N(C)c1ncnc2c1ccn2C(=O)NNC(=O)CNC(=O)O. The molecule has 2 aromatic heterocycles. The zero-order valence-corrected chi connectivity index (χ0v) is 18.7. The summed E-state index contributed by atoms with van der Waals surface area (Å²) in [7, 11) is 1.86. The molecule has 0 unspecified atom stereocenters. The van der Waals surface area contributed by atoms with Crippen molar-refractivity contribution in [2.45, 2.75) is 25.8 Å². The molecule has 0 saturated carbocycles. The molecule has 0 bridgehead atoms. The van der Waals surface area contributed by atoms with Crippen LogP contribution >= 0.6 is 0 Å². The second-order valence-corrected chi connectivity index (χ2v) is 7.88. The van der Waals surface area contributed by atoms with Crippen LogP contribution in [-0.2, 0) is 9.59 Å². The molecule has 1 fully saturated rings. The number of carboxylic acid groups (broad SMARTS) is 1. The topological polar surface area (TPSA) is 186 Å². The molecule has 0 spiro atoms. The van der Waals surface area contributed by atoms with Gasteiger partial charge in [0.15, 0.2) is 5.65 Å². The lowest BCUT2D eigenvalue weighted by atomic mass is 9.92. The number of aromatic nitrogens is 3. The largest absolute Gasteiger partial charge is 0.465 e. The molecule has 0 aromatic carbocycles. The van der Waals surface area contributed by atoms with Gasteiger partial charge in [0.1, 0.15) is 25.1 Å². The third-order valence-electron chi connectivity index (χ3n) is 5.72. The molecule has 1 aliphatic rings. The number of nitrogens with zero attached hydrogens (tertiary/aromatic N) is 6. The summed E-state index contributed by atoms with van der Waals surface area (Å²) < 4.78 is 1.19. The molecule has 14 nitrogen and oxygen atoms in total. The zero-order valence-electron chi connectivity index (χ0n) is 18.7. The van der Waals surface area contributed by atoms with Gasteiger partial charge in [0, 0.05) is 26.3 Å². The van der Waals surface area contributed by atoms with Gasteiger partial charge < -0.3 is 20.2 Å².